The molecule has 1 atom stereocenters. The van der Waals surface area contributed by atoms with Crippen molar-refractivity contribution in [2.45, 2.75) is 30.7 Å². The minimum absolute atomic E-state index is 0.0207. The van der Waals surface area contributed by atoms with Gasteiger partial charge in [0.25, 0.3) is 0 Å². The molecular weight excluding hydrogens is 278 g/mol. The highest BCUT2D eigenvalue weighted by Gasteiger charge is 2.24. The van der Waals surface area contributed by atoms with E-state index >= 15 is 0 Å². The van der Waals surface area contributed by atoms with Gasteiger partial charge in [0.05, 0.1) is 0 Å². The maximum absolute atomic E-state index is 12.2. The summed E-state index contributed by atoms with van der Waals surface area (Å²) in [5, 5.41) is 2.91. The van der Waals surface area contributed by atoms with Gasteiger partial charge in [-0.15, -0.1) is 0 Å². The SMILES string of the molecule is CC(Nc1ncccc1S(C)(=O)=O)C(=O)N1CCCC1. The van der Waals surface area contributed by atoms with Crippen LogP contribution in [-0.2, 0) is 14.6 Å². The number of likely N-dealkylation sites (tertiary alicyclic amines) is 1. The fraction of sp³-hybridized carbons (Fsp3) is 0.538. The molecule has 20 heavy (non-hydrogen) atoms. The second-order valence-electron chi connectivity index (χ2n) is 5.02. The molecule has 1 aliphatic rings. The summed E-state index contributed by atoms with van der Waals surface area (Å²) < 4.78 is 23.4. The van der Waals surface area contributed by atoms with Gasteiger partial charge in [0.15, 0.2) is 9.84 Å². The van der Waals surface area contributed by atoms with Gasteiger partial charge in [-0.25, -0.2) is 13.4 Å². The van der Waals surface area contributed by atoms with Crippen LogP contribution in [0.5, 0.6) is 0 Å². The van der Waals surface area contributed by atoms with Crippen molar-refractivity contribution in [3.05, 3.63) is 18.3 Å². The van der Waals surface area contributed by atoms with Crippen molar-refractivity contribution in [1.29, 1.82) is 0 Å². The molecule has 1 amide bonds. The molecule has 0 saturated carbocycles. The molecule has 6 nitrogen and oxygen atoms in total. The molecule has 0 bridgehead atoms. The molecule has 1 aliphatic heterocycles. The normalized spacial score (nSPS) is 17.0. The topological polar surface area (TPSA) is 79.4 Å². The lowest BCUT2D eigenvalue weighted by atomic mass is 10.3. The van der Waals surface area contributed by atoms with E-state index in [1.54, 1.807) is 17.9 Å². The molecule has 0 aliphatic carbocycles. The van der Waals surface area contributed by atoms with Gasteiger partial charge in [-0.1, -0.05) is 0 Å². The number of amides is 1. The zero-order chi connectivity index (χ0) is 14.8. The second kappa shape index (κ2) is 5.78. The van der Waals surface area contributed by atoms with Crippen LogP contribution in [0.2, 0.25) is 0 Å². The number of anilines is 1. The summed E-state index contributed by atoms with van der Waals surface area (Å²) in [5.41, 5.74) is 0. The first-order chi connectivity index (χ1) is 9.39. The lowest BCUT2D eigenvalue weighted by Crippen LogP contribution is -2.40. The van der Waals surface area contributed by atoms with Crippen LogP contribution in [0.25, 0.3) is 0 Å². The van der Waals surface area contributed by atoms with Crippen LogP contribution in [0.3, 0.4) is 0 Å². The number of nitrogens with one attached hydrogen (secondary N) is 1. The quantitative estimate of drug-likeness (QED) is 0.893. The maximum Gasteiger partial charge on any atom is 0.244 e. The van der Waals surface area contributed by atoms with E-state index in [9.17, 15) is 13.2 Å². The number of aromatic nitrogens is 1. The summed E-state index contributed by atoms with van der Waals surface area (Å²) >= 11 is 0. The lowest BCUT2D eigenvalue weighted by Gasteiger charge is -2.22. The first kappa shape index (κ1) is 14.8. The van der Waals surface area contributed by atoms with Gasteiger partial charge in [0.2, 0.25) is 5.91 Å². The Labute approximate surface area is 119 Å². The lowest BCUT2D eigenvalue weighted by molar-refractivity contribution is -0.130. The van der Waals surface area contributed by atoms with Gasteiger partial charge in [-0.05, 0) is 31.9 Å². The summed E-state index contributed by atoms with van der Waals surface area (Å²) in [6, 6.07) is 2.55. The van der Waals surface area contributed by atoms with Gasteiger partial charge >= 0.3 is 0 Å². The zero-order valence-electron chi connectivity index (χ0n) is 11.7. The van der Waals surface area contributed by atoms with Gasteiger partial charge in [0, 0.05) is 25.5 Å². The standard InChI is InChI=1S/C13H19N3O3S/c1-10(13(17)16-8-3-4-9-16)15-12-11(20(2,18)19)6-5-7-14-12/h5-7,10H,3-4,8-9H2,1-2H3,(H,14,15). The van der Waals surface area contributed by atoms with Crippen molar-refractivity contribution in [3.8, 4) is 0 Å². The fourth-order valence-electron chi connectivity index (χ4n) is 2.28. The number of carbonyl (C=O) groups is 1. The van der Waals surface area contributed by atoms with E-state index in [-0.39, 0.29) is 16.6 Å². The van der Waals surface area contributed by atoms with Gasteiger partial charge in [-0.2, -0.15) is 0 Å². The number of pyridine rings is 1. The Kier molecular flexibility index (Phi) is 4.27. The molecule has 1 unspecified atom stereocenters. The zero-order valence-corrected chi connectivity index (χ0v) is 12.5. The molecule has 1 aromatic heterocycles. The number of sulfone groups is 1. The predicted molar refractivity (Wildman–Crippen MR) is 76.2 cm³/mol. The Balaban J connectivity index is 2.15. The third-order valence-electron chi connectivity index (χ3n) is 3.31. The Morgan fingerprint density at radius 3 is 2.65 bits per heavy atom. The van der Waals surface area contributed by atoms with Crippen LogP contribution in [0, 0.1) is 0 Å². The van der Waals surface area contributed by atoms with E-state index in [1.165, 1.54) is 12.3 Å². The van der Waals surface area contributed by atoms with E-state index in [0.29, 0.717) is 0 Å². The maximum atomic E-state index is 12.2. The molecule has 1 N–H and O–H groups in total. The van der Waals surface area contributed by atoms with Crippen LogP contribution in [0.4, 0.5) is 5.82 Å². The summed E-state index contributed by atoms with van der Waals surface area (Å²) in [6.45, 7) is 3.26. The molecule has 1 aromatic rings. The average Bonchev–Trinajstić information content (AvgIpc) is 2.91. The highest BCUT2D eigenvalue weighted by atomic mass is 32.2. The Hall–Kier alpha value is -1.63. The van der Waals surface area contributed by atoms with Gasteiger partial charge in [-0.3, -0.25) is 4.79 Å². The van der Waals surface area contributed by atoms with Crippen molar-refractivity contribution < 1.29 is 13.2 Å². The first-order valence-corrected chi connectivity index (χ1v) is 8.49. The largest absolute Gasteiger partial charge is 0.358 e. The highest BCUT2D eigenvalue weighted by Crippen LogP contribution is 2.19. The molecule has 2 heterocycles. The third-order valence-corrected chi connectivity index (χ3v) is 4.44. The van der Waals surface area contributed by atoms with Crippen LogP contribution in [0.1, 0.15) is 19.8 Å². The fourth-order valence-corrected chi connectivity index (χ4v) is 3.06. The monoisotopic (exact) mass is 297 g/mol. The van der Waals surface area contributed by atoms with E-state index in [0.717, 1.165) is 32.2 Å². The van der Waals surface area contributed by atoms with Crippen LogP contribution in [0.15, 0.2) is 23.2 Å². The Morgan fingerprint density at radius 2 is 2.05 bits per heavy atom. The summed E-state index contributed by atoms with van der Waals surface area (Å²) in [4.78, 5) is 18.1. The molecular formula is C13H19N3O3S. The number of nitrogens with zero attached hydrogens (tertiary/aromatic N) is 2. The van der Waals surface area contributed by atoms with Crippen LogP contribution in [-0.4, -0.2) is 49.6 Å². The van der Waals surface area contributed by atoms with Gasteiger partial charge in [0.1, 0.15) is 16.8 Å². The molecule has 7 heteroatoms. The predicted octanol–water partition coefficient (Wildman–Crippen LogP) is 0.908. The average molecular weight is 297 g/mol. The Morgan fingerprint density at radius 1 is 1.40 bits per heavy atom. The van der Waals surface area contributed by atoms with E-state index < -0.39 is 15.9 Å². The molecule has 1 fully saturated rings. The van der Waals surface area contributed by atoms with Crippen molar-refractivity contribution in [2.75, 3.05) is 24.7 Å². The molecule has 110 valence electrons. The highest BCUT2D eigenvalue weighted by molar-refractivity contribution is 7.90. The van der Waals surface area contributed by atoms with E-state index in [4.69, 9.17) is 0 Å². The minimum atomic E-state index is -3.37. The number of hydrogen-bond donors (Lipinski definition) is 1. The minimum Gasteiger partial charge on any atom is -0.358 e. The first-order valence-electron chi connectivity index (χ1n) is 6.60. The summed E-state index contributed by atoms with van der Waals surface area (Å²) in [7, 11) is -3.37. The van der Waals surface area contributed by atoms with E-state index in [1.807, 2.05) is 0 Å². The third kappa shape index (κ3) is 3.27. The summed E-state index contributed by atoms with van der Waals surface area (Å²) in [6.07, 6.45) is 4.68. The molecule has 0 radical (unpaired) electrons. The second-order valence-corrected chi connectivity index (χ2v) is 7.00. The van der Waals surface area contributed by atoms with Crippen molar-refractivity contribution in [2.24, 2.45) is 0 Å². The molecule has 0 spiro atoms. The van der Waals surface area contributed by atoms with Crippen molar-refractivity contribution in [3.63, 3.8) is 0 Å². The van der Waals surface area contributed by atoms with E-state index in [2.05, 4.69) is 10.3 Å². The Bertz CT molecular complexity index is 595. The smallest absolute Gasteiger partial charge is 0.244 e. The molecule has 0 aromatic carbocycles. The van der Waals surface area contributed by atoms with Crippen molar-refractivity contribution >= 4 is 21.6 Å². The molecule has 1 saturated heterocycles. The molecule has 2 rings (SSSR count). The number of hydrogen-bond acceptors (Lipinski definition) is 5. The van der Waals surface area contributed by atoms with Crippen molar-refractivity contribution in [1.82, 2.24) is 9.88 Å². The van der Waals surface area contributed by atoms with Gasteiger partial charge < -0.3 is 10.2 Å². The number of rotatable bonds is 4. The summed E-state index contributed by atoms with van der Waals surface area (Å²) in [5.74, 6) is 0.211. The van der Waals surface area contributed by atoms with Crippen LogP contribution < -0.4 is 5.32 Å². The number of carbonyl (C=O) groups excluding carboxylic acids is 1. The van der Waals surface area contributed by atoms with Crippen LogP contribution >= 0.6 is 0 Å².